The molecule has 1 saturated carbocycles. The molecule has 0 saturated heterocycles. The zero-order chi connectivity index (χ0) is 13.6. The number of carbonyl (C=O) groups is 1. The third-order valence-electron chi connectivity index (χ3n) is 3.29. The van der Waals surface area contributed by atoms with E-state index in [0.717, 1.165) is 12.8 Å². The van der Waals surface area contributed by atoms with Gasteiger partial charge in [0.05, 0.1) is 6.10 Å². The monoisotopic (exact) mass is 259 g/mol. The smallest absolute Gasteiger partial charge is 0.324 e. The Bertz CT molecular complexity index is 270. The lowest BCUT2D eigenvalue weighted by Gasteiger charge is -2.28. The molecule has 18 heavy (non-hydrogen) atoms. The third kappa shape index (κ3) is 4.23. The first-order valence-corrected chi connectivity index (χ1v) is 6.62. The molecule has 106 valence electrons. The molecule has 0 aromatic carbocycles. The van der Waals surface area contributed by atoms with E-state index in [-0.39, 0.29) is 12.1 Å². The summed E-state index contributed by atoms with van der Waals surface area (Å²) in [5, 5.41) is 12.6. The first kappa shape index (κ1) is 15.4. The van der Waals surface area contributed by atoms with Crippen molar-refractivity contribution in [1.29, 1.82) is 0 Å². The van der Waals surface area contributed by atoms with E-state index in [1.165, 1.54) is 0 Å². The van der Waals surface area contributed by atoms with Gasteiger partial charge in [-0.2, -0.15) is 0 Å². The largest absolute Gasteiger partial charge is 0.480 e. The van der Waals surface area contributed by atoms with E-state index in [9.17, 15) is 9.90 Å². The summed E-state index contributed by atoms with van der Waals surface area (Å²) in [5.74, 6) is -0.765. The summed E-state index contributed by atoms with van der Waals surface area (Å²) >= 11 is 0. The maximum Gasteiger partial charge on any atom is 0.324 e. The summed E-state index contributed by atoms with van der Waals surface area (Å²) in [5.41, 5.74) is -0.805. The van der Waals surface area contributed by atoms with Gasteiger partial charge in [-0.1, -0.05) is 0 Å². The van der Waals surface area contributed by atoms with Gasteiger partial charge in [0.2, 0.25) is 0 Å². The second-order valence-corrected chi connectivity index (χ2v) is 5.27. The molecule has 0 aliphatic heterocycles. The van der Waals surface area contributed by atoms with E-state index in [4.69, 9.17) is 9.47 Å². The Labute approximate surface area is 109 Å². The molecule has 1 fully saturated rings. The van der Waals surface area contributed by atoms with Crippen LogP contribution in [0, 0.1) is 0 Å². The Kier molecular flexibility index (Phi) is 6.05. The number of carboxylic acid groups (broad SMARTS) is 1. The Morgan fingerprint density at radius 3 is 2.78 bits per heavy atom. The zero-order valence-corrected chi connectivity index (χ0v) is 11.6. The van der Waals surface area contributed by atoms with Crippen molar-refractivity contribution in [3.05, 3.63) is 0 Å². The highest BCUT2D eigenvalue weighted by Gasteiger charge is 2.46. The van der Waals surface area contributed by atoms with Crippen molar-refractivity contribution in [3.63, 3.8) is 0 Å². The second kappa shape index (κ2) is 7.07. The number of hydrogen-bond acceptors (Lipinski definition) is 4. The van der Waals surface area contributed by atoms with E-state index >= 15 is 0 Å². The molecule has 2 unspecified atom stereocenters. The fraction of sp³-hybridized carbons (Fsp3) is 0.923. The van der Waals surface area contributed by atoms with E-state index in [1.54, 1.807) is 7.11 Å². The van der Waals surface area contributed by atoms with Crippen LogP contribution in [-0.2, 0) is 14.3 Å². The first-order chi connectivity index (χ1) is 8.50. The molecule has 0 bridgehead atoms. The number of aliphatic carboxylic acids is 1. The highest BCUT2D eigenvalue weighted by atomic mass is 16.5. The molecule has 2 N–H and O–H groups in total. The molecule has 0 amide bonds. The van der Waals surface area contributed by atoms with Crippen LogP contribution in [0.2, 0.25) is 0 Å². The minimum absolute atomic E-state index is 0.0456. The van der Waals surface area contributed by atoms with Gasteiger partial charge in [-0.15, -0.1) is 0 Å². The topological polar surface area (TPSA) is 67.8 Å². The standard InChI is InChI=1S/C13H25NO4/c1-10(2)14-13(12(15)16)6-5-11(9-13)18-8-4-7-17-3/h10-11,14H,4-9H2,1-3H3,(H,15,16). The molecule has 5 heteroatoms. The molecule has 1 aliphatic carbocycles. The molecule has 0 radical (unpaired) electrons. The predicted octanol–water partition coefficient (Wildman–Crippen LogP) is 1.41. The summed E-state index contributed by atoms with van der Waals surface area (Å²) in [7, 11) is 1.66. The van der Waals surface area contributed by atoms with Gasteiger partial charge in [0.15, 0.2) is 0 Å². The summed E-state index contributed by atoms with van der Waals surface area (Å²) in [4.78, 5) is 11.4. The van der Waals surface area contributed by atoms with Crippen LogP contribution in [0.15, 0.2) is 0 Å². The van der Waals surface area contributed by atoms with Crippen molar-refractivity contribution in [2.24, 2.45) is 0 Å². The van der Waals surface area contributed by atoms with Gasteiger partial charge in [0, 0.05) is 32.8 Å². The summed E-state index contributed by atoms with van der Waals surface area (Å²) in [6, 6.07) is 0.161. The minimum Gasteiger partial charge on any atom is -0.480 e. The van der Waals surface area contributed by atoms with Gasteiger partial charge in [-0.25, -0.2) is 0 Å². The second-order valence-electron chi connectivity index (χ2n) is 5.27. The fourth-order valence-corrected chi connectivity index (χ4v) is 2.54. The quantitative estimate of drug-likeness (QED) is 0.645. The Hall–Kier alpha value is -0.650. The van der Waals surface area contributed by atoms with Crippen LogP contribution < -0.4 is 5.32 Å². The molecule has 0 spiro atoms. The molecule has 0 aromatic rings. The van der Waals surface area contributed by atoms with Gasteiger partial charge < -0.3 is 14.6 Å². The lowest BCUT2D eigenvalue weighted by molar-refractivity contribution is -0.145. The highest BCUT2D eigenvalue weighted by molar-refractivity contribution is 5.79. The predicted molar refractivity (Wildman–Crippen MR) is 68.7 cm³/mol. The van der Waals surface area contributed by atoms with E-state index in [0.29, 0.717) is 26.1 Å². The van der Waals surface area contributed by atoms with Crippen LogP contribution in [-0.4, -0.2) is 49.1 Å². The maximum atomic E-state index is 11.4. The summed E-state index contributed by atoms with van der Waals surface area (Å²) < 4.78 is 10.7. The maximum absolute atomic E-state index is 11.4. The van der Waals surface area contributed by atoms with Crippen LogP contribution in [0.4, 0.5) is 0 Å². The molecule has 1 aliphatic rings. The van der Waals surface area contributed by atoms with E-state index < -0.39 is 11.5 Å². The average molecular weight is 259 g/mol. The van der Waals surface area contributed by atoms with Crippen LogP contribution in [0.5, 0.6) is 0 Å². The van der Waals surface area contributed by atoms with Crippen molar-refractivity contribution in [1.82, 2.24) is 5.32 Å². The van der Waals surface area contributed by atoms with Crippen LogP contribution >= 0.6 is 0 Å². The van der Waals surface area contributed by atoms with Crippen LogP contribution in [0.3, 0.4) is 0 Å². The molecule has 0 heterocycles. The number of carboxylic acids is 1. The van der Waals surface area contributed by atoms with Gasteiger partial charge in [0.25, 0.3) is 0 Å². The van der Waals surface area contributed by atoms with Crippen LogP contribution in [0.1, 0.15) is 39.5 Å². The molecule has 1 rings (SSSR count). The summed E-state index contributed by atoms with van der Waals surface area (Å²) in [6.07, 6.45) is 2.89. The zero-order valence-electron chi connectivity index (χ0n) is 11.6. The van der Waals surface area contributed by atoms with Gasteiger partial charge in [-0.05, 0) is 33.1 Å². The van der Waals surface area contributed by atoms with Gasteiger partial charge in [-0.3, -0.25) is 10.1 Å². The number of rotatable bonds is 8. The molecular weight excluding hydrogens is 234 g/mol. The Balaban J connectivity index is 2.42. The van der Waals surface area contributed by atoms with Crippen molar-refractivity contribution in [3.8, 4) is 0 Å². The van der Waals surface area contributed by atoms with Gasteiger partial charge in [0.1, 0.15) is 5.54 Å². The third-order valence-corrected chi connectivity index (χ3v) is 3.29. The number of methoxy groups -OCH3 is 1. The van der Waals surface area contributed by atoms with Gasteiger partial charge >= 0.3 is 5.97 Å². The van der Waals surface area contributed by atoms with Crippen LogP contribution in [0.25, 0.3) is 0 Å². The Morgan fingerprint density at radius 2 is 2.22 bits per heavy atom. The SMILES string of the molecule is COCCCOC1CCC(NC(C)C)(C(=O)O)C1. The van der Waals surface area contributed by atoms with E-state index in [2.05, 4.69) is 5.32 Å². The minimum atomic E-state index is -0.805. The van der Waals surface area contributed by atoms with Crippen molar-refractivity contribution >= 4 is 5.97 Å². The Morgan fingerprint density at radius 1 is 1.50 bits per heavy atom. The number of nitrogens with one attached hydrogen (secondary N) is 1. The average Bonchev–Trinajstić information content (AvgIpc) is 2.68. The number of ether oxygens (including phenoxy) is 2. The van der Waals surface area contributed by atoms with Crippen molar-refractivity contribution in [2.45, 2.75) is 57.2 Å². The lowest BCUT2D eigenvalue weighted by Crippen LogP contribution is -2.53. The number of hydrogen-bond donors (Lipinski definition) is 2. The van der Waals surface area contributed by atoms with Crippen molar-refractivity contribution in [2.75, 3.05) is 20.3 Å². The molecular formula is C13H25NO4. The normalized spacial score (nSPS) is 27.9. The molecule has 5 nitrogen and oxygen atoms in total. The van der Waals surface area contributed by atoms with Crippen molar-refractivity contribution < 1.29 is 19.4 Å². The summed E-state index contributed by atoms with van der Waals surface area (Å²) in [6.45, 7) is 5.26. The lowest BCUT2D eigenvalue weighted by atomic mass is 9.96. The molecule has 0 aromatic heterocycles. The highest BCUT2D eigenvalue weighted by Crippen LogP contribution is 2.32. The van der Waals surface area contributed by atoms with E-state index in [1.807, 2.05) is 13.8 Å². The first-order valence-electron chi connectivity index (χ1n) is 6.62. The molecule has 2 atom stereocenters. The fourth-order valence-electron chi connectivity index (χ4n) is 2.54.